The minimum Gasteiger partial charge on any atom is -0.391 e. The largest absolute Gasteiger partial charge is 0.391 e. The number of benzene rings is 1. The Balaban J connectivity index is 1.63. The van der Waals surface area contributed by atoms with Gasteiger partial charge in [0.2, 0.25) is 0 Å². The molecule has 22 heavy (non-hydrogen) atoms. The highest BCUT2D eigenvalue weighted by Crippen LogP contribution is 2.34. The van der Waals surface area contributed by atoms with Crippen molar-refractivity contribution >= 4 is 28.2 Å². The van der Waals surface area contributed by atoms with Crippen LogP contribution in [0.15, 0.2) is 30.3 Å². The van der Waals surface area contributed by atoms with Crippen LogP contribution in [0.5, 0.6) is 0 Å². The van der Waals surface area contributed by atoms with Crippen molar-refractivity contribution in [2.24, 2.45) is 0 Å². The lowest BCUT2D eigenvalue weighted by molar-refractivity contribution is 0.0637. The lowest BCUT2D eigenvalue weighted by Crippen LogP contribution is -2.40. The molecular weight excluding hydrogens is 298 g/mol. The van der Waals surface area contributed by atoms with Crippen molar-refractivity contribution in [3.63, 3.8) is 0 Å². The Bertz CT molecular complexity index is 748. The maximum atomic E-state index is 12.5. The molecule has 0 radical (unpaired) electrons. The summed E-state index contributed by atoms with van der Waals surface area (Å²) in [6, 6.07) is 8.94. The topological polar surface area (TPSA) is 75.4 Å². The quantitative estimate of drug-likeness (QED) is 0.829. The minimum absolute atomic E-state index is 0.0340. The summed E-state index contributed by atoms with van der Waals surface area (Å²) in [6.07, 6.45) is 0.932. The average molecular weight is 313 g/mol. The Labute approximate surface area is 131 Å². The number of rotatable bonds is 2. The van der Waals surface area contributed by atoms with E-state index in [0.717, 1.165) is 22.8 Å². The predicted octanol–water partition coefficient (Wildman–Crippen LogP) is 1.81. The van der Waals surface area contributed by atoms with Crippen LogP contribution < -0.4 is 11.1 Å². The molecule has 3 heterocycles. The SMILES string of the molecule is Nc1cc2c(s1)C(CN1C(=O)c3ccccc3C1=O)NCC2. The van der Waals surface area contributed by atoms with E-state index in [0.29, 0.717) is 17.7 Å². The molecule has 0 spiro atoms. The summed E-state index contributed by atoms with van der Waals surface area (Å²) in [6.45, 7) is 1.18. The molecule has 1 aromatic heterocycles. The molecule has 1 atom stereocenters. The van der Waals surface area contributed by atoms with Crippen molar-refractivity contribution in [3.05, 3.63) is 51.9 Å². The Kier molecular flexibility index (Phi) is 3.02. The summed E-state index contributed by atoms with van der Waals surface area (Å²) in [4.78, 5) is 27.4. The molecule has 4 rings (SSSR count). The third-order valence-corrected chi connectivity index (χ3v) is 5.33. The molecule has 0 saturated heterocycles. The fourth-order valence-electron chi connectivity index (χ4n) is 3.16. The van der Waals surface area contributed by atoms with Crippen LogP contribution in [0.25, 0.3) is 0 Å². The van der Waals surface area contributed by atoms with E-state index in [4.69, 9.17) is 5.73 Å². The number of fused-ring (bicyclic) bond motifs is 2. The normalized spacial score (nSPS) is 20.2. The number of imide groups is 1. The van der Waals surface area contributed by atoms with Gasteiger partial charge in [0, 0.05) is 11.4 Å². The van der Waals surface area contributed by atoms with Gasteiger partial charge >= 0.3 is 0 Å². The van der Waals surface area contributed by atoms with E-state index in [9.17, 15) is 9.59 Å². The van der Waals surface area contributed by atoms with Gasteiger partial charge in [0.1, 0.15) is 0 Å². The number of nitrogens with one attached hydrogen (secondary N) is 1. The molecule has 112 valence electrons. The van der Waals surface area contributed by atoms with Crippen LogP contribution in [-0.2, 0) is 6.42 Å². The Morgan fingerprint density at radius 1 is 1.23 bits per heavy atom. The molecular formula is C16H15N3O2S. The monoisotopic (exact) mass is 313 g/mol. The van der Waals surface area contributed by atoms with Gasteiger partial charge in [-0.05, 0) is 36.7 Å². The molecule has 2 amide bonds. The summed E-state index contributed by atoms with van der Waals surface area (Å²) in [7, 11) is 0. The van der Waals surface area contributed by atoms with Crippen LogP contribution in [0.1, 0.15) is 37.2 Å². The second-order valence-electron chi connectivity index (χ2n) is 5.56. The van der Waals surface area contributed by atoms with Crippen molar-refractivity contribution < 1.29 is 9.59 Å². The smallest absolute Gasteiger partial charge is 0.261 e. The number of hydrogen-bond acceptors (Lipinski definition) is 5. The lowest BCUT2D eigenvalue weighted by atomic mass is 10.0. The molecule has 2 aromatic rings. The van der Waals surface area contributed by atoms with E-state index >= 15 is 0 Å². The van der Waals surface area contributed by atoms with Gasteiger partial charge in [-0.2, -0.15) is 0 Å². The first kappa shape index (κ1) is 13.5. The first-order chi connectivity index (χ1) is 10.6. The predicted molar refractivity (Wildman–Crippen MR) is 85.0 cm³/mol. The van der Waals surface area contributed by atoms with Gasteiger partial charge in [0.25, 0.3) is 11.8 Å². The van der Waals surface area contributed by atoms with Gasteiger partial charge in [0.15, 0.2) is 0 Å². The zero-order valence-electron chi connectivity index (χ0n) is 11.8. The summed E-state index contributed by atoms with van der Waals surface area (Å²) in [5, 5.41) is 4.17. The van der Waals surface area contributed by atoms with Crippen molar-refractivity contribution in [1.29, 1.82) is 0 Å². The molecule has 0 saturated carbocycles. The first-order valence-corrected chi connectivity index (χ1v) is 8.03. The molecule has 1 aromatic carbocycles. The number of carbonyl (C=O) groups is 2. The number of hydrogen-bond donors (Lipinski definition) is 2. The van der Waals surface area contributed by atoms with E-state index in [2.05, 4.69) is 5.32 Å². The highest BCUT2D eigenvalue weighted by Gasteiger charge is 2.37. The number of nitrogens with zero attached hydrogens (tertiary/aromatic N) is 1. The minimum atomic E-state index is -0.209. The number of nitrogen functional groups attached to an aromatic ring is 1. The zero-order chi connectivity index (χ0) is 15.3. The molecule has 0 fully saturated rings. The highest BCUT2D eigenvalue weighted by molar-refractivity contribution is 7.16. The third-order valence-electron chi connectivity index (χ3n) is 4.21. The van der Waals surface area contributed by atoms with Crippen molar-refractivity contribution in [3.8, 4) is 0 Å². The Morgan fingerprint density at radius 3 is 2.59 bits per heavy atom. The van der Waals surface area contributed by atoms with Crippen molar-refractivity contribution in [2.45, 2.75) is 12.5 Å². The molecule has 0 bridgehead atoms. The van der Waals surface area contributed by atoms with Gasteiger partial charge in [-0.25, -0.2) is 0 Å². The third kappa shape index (κ3) is 1.95. The average Bonchev–Trinajstić information content (AvgIpc) is 3.01. The number of nitrogens with two attached hydrogens (primary N) is 1. The highest BCUT2D eigenvalue weighted by atomic mass is 32.1. The van der Waals surface area contributed by atoms with Crippen molar-refractivity contribution in [2.75, 3.05) is 18.8 Å². The fraction of sp³-hybridized carbons (Fsp3) is 0.250. The van der Waals surface area contributed by atoms with Gasteiger partial charge in [-0.15, -0.1) is 11.3 Å². The fourth-order valence-corrected chi connectivity index (χ4v) is 4.21. The van der Waals surface area contributed by atoms with Crippen LogP contribution in [-0.4, -0.2) is 29.8 Å². The molecule has 2 aliphatic rings. The van der Waals surface area contributed by atoms with Gasteiger partial charge in [0.05, 0.1) is 22.2 Å². The standard InChI is InChI=1S/C16H15N3O2S/c17-13-7-9-5-6-18-12(14(9)22-13)8-19-15(20)10-3-1-2-4-11(10)16(19)21/h1-4,7,12,18H,5-6,8,17H2. The van der Waals surface area contributed by atoms with Gasteiger partial charge in [-0.1, -0.05) is 12.1 Å². The van der Waals surface area contributed by atoms with E-state index in [1.54, 1.807) is 24.3 Å². The number of thiophene rings is 1. The second kappa shape index (κ2) is 4.93. The molecule has 6 heteroatoms. The summed E-state index contributed by atoms with van der Waals surface area (Å²) >= 11 is 1.53. The van der Waals surface area contributed by atoms with Crippen LogP contribution in [0.3, 0.4) is 0 Å². The number of amides is 2. The van der Waals surface area contributed by atoms with Gasteiger partial charge in [-0.3, -0.25) is 14.5 Å². The first-order valence-electron chi connectivity index (χ1n) is 7.22. The Morgan fingerprint density at radius 2 is 1.91 bits per heavy atom. The number of carbonyl (C=O) groups excluding carboxylic acids is 2. The van der Waals surface area contributed by atoms with Crippen LogP contribution in [0.2, 0.25) is 0 Å². The van der Waals surface area contributed by atoms with Crippen LogP contribution in [0.4, 0.5) is 5.00 Å². The van der Waals surface area contributed by atoms with E-state index in [1.165, 1.54) is 21.8 Å². The van der Waals surface area contributed by atoms with Gasteiger partial charge < -0.3 is 11.1 Å². The molecule has 3 N–H and O–H groups in total. The Hall–Kier alpha value is -2.18. The maximum Gasteiger partial charge on any atom is 0.261 e. The van der Waals surface area contributed by atoms with Crippen LogP contribution in [0, 0.1) is 0 Å². The molecule has 5 nitrogen and oxygen atoms in total. The molecule has 1 unspecified atom stereocenters. The zero-order valence-corrected chi connectivity index (χ0v) is 12.7. The summed E-state index contributed by atoms with van der Waals surface area (Å²) in [5.41, 5.74) is 8.11. The van der Waals surface area contributed by atoms with Crippen molar-refractivity contribution in [1.82, 2.24) is 10.2 Å². The molecule has 0 aliphatic carbocycles. The van der Waals surface area contributed by atoms with E-state index in [1.807, 2.05) is 6.07 Å². The molecule has 2 aliphatic heterocycles. The van der Waals surface area contributed by atoms with Crippen LogP contribution >= 0.6 is 11.3 Å². The number of anilines is 1. The van der Waals surface area contributed by atoms with E-state index < -0.39 is 0 Å². The second-order valence-corrected chi connectivity index (χ2v) is 6.68. The maximum absolute atomic E-state index is 12.5. The van der Waals surface area contributed by atoms with E-state index in [-0.39, 0.29) is 17.9 Å². The lowest BCUT2D eigenvalue weighted by Gasteiger charge is -2.27. The summed E-state index contributed by atoms with van der Waals surface area (Å²) < 4.78 is 0. The summed E-state index contributed by atoms with van der Waals surface area (Å²) in [5.74, 6) is -0.418.